The third kappa shape index (κ3) is 13.0. The van der Waals surface area contributed by atoms with Crippen molar-refractivity contribution in [1.29, 1.82) is 0 Å². The molecule has 0 aliphatic heterocycles. The monoisotopic (exact) mass is 1480 g/mol. The first-order valence-corrected chi connectivity index (χ1v) is 40.4. The maximum atomic E-state index is 2.45. The van der Waals surface area contributed by atoms with E-state index in [2.05, 4.69) is 474 Å². The lowest BCUT2D eigenvalue weighted by Gasteiger charge is -2.27. The standard InChI is InChI=1S/C114H84N2/c1-113(2)109-39-21-20-36-103(109)104-68-57-92(74-110(104)113)90-34-22-35-93(72-90)101-71-67-99(76-108(101)87-32-18-9-19-33-87)116(96-62-52-83(53-63-96)79-28-14-7-15-29-79)97-64-54-84(55-65-97)80-40-46-89(47-41-80)102-37-23-38-106-105-69-56-91(73-111(105)114(3,4)112(102)106)85-42-44-88(45-43-85)100-70-66-98(75-107(100)86-30-16-8-17-31-86)115(94-58-48-81(49-59-94)77-24-10-5-11-25-77)95-60-50-82(51-61-95)78-26-12-6-13-27-78/h5-76H,1-4H3. The van der Waals surface area contributed by atoms with Crippen molar-refractivity contribution in [2.24, 2.45) is 0 Å². The summed E-state index contributed by atoms with van der Waals surface area (Å²) < 4.78 is 0. The van der Waals surface area contributed by atoms with Crippen LogP contribution in [0.4, 0.5) is 34.1 Å². The highest BCUT2D eigenvalue weighted by Gasteiger charge is 2.39. The lowest BCUT2D eigenvalue weighted by atomic mass is 9.78. The van der Waals surface area contributed by atoms with E-state index in [1.165, 1.54) is 145 Å². The minimum atomic E-state index is -0.268. The number of anilines is 6. The molecule has 0 N–H and O–H groups in total. The molecular weight excluding hydrogens is 1400 g/mol. The van der Waals surface area contributed by atoms with E-state index < -0.39 is 0 Å². The lowest BCUT2D eigenvalue weighted by Crippen LogP contribution is -2.16. The molecule has 2 nitrogen and oxygen atoms in total. The van der Waals surface area contributed by atoms with Crippen LogP contribution in [-0.4, -0.2) is 0 Å². The summed E-state index contributed by atoms with van der Waals surface area (Å²) in [6.45, 7) is 9.54. The minimum Gasteiger partial charge on any atom is -0.310 e. The molecule has 0 unspecified atom stereocenters. The van der Waals surface area contributed by atoms with E-state index in [1.54, 1.807) is 0 Å². The van der Waals surface area contributed by atoms with Gasteiger partial charge in [-0.2, -0.15) is 0 Å². The van der Waals surface area contributed by atoms with Crippen molar-refractivity contribution in [2.75, 3.05) is 9.80 Å². The first-order chi connectivity index (χ1) is 57.0. The summed E-state index contributed by atoms with van der Waals surface area (Å²) in [6, 6.07) is 161. The Hall–Kier alpha value is -14.4. The Labute approximate surface area is 681 Å². The molecule has 0 spiro atoms. The Morgan fingerprint density at radius 3 is 0.836 bits per heavy atom. The zero-order valence-corrected chi connectivity index (χ0v) is 65.5. The second kappa shape index (κ2) is 29.6. The quantitative estimate of drug-likeness (QED) is 0.0896. The molecule has 2 aliphatic carbocycles. The molecule has 0 saturated carbocycles. The number of rotatable bonds is 17. The zero-order chi connectivity index (χ0) is 77.9. The van der Waals surface area contributed by atoms with Gasteiger partial charge in [0, 0.05) is 45.0 Å². The molecule has 0 bridgehead atoms. The lowest BCUT2D eigenvalue weighted by molar-refractivity contribution is 0.660. The van der Waals surface area contributed by atoms with Crippen LogP contribution < -0.4 is 9.80 Å². The largest absolute Gasteiger partial charge is 0.310 e. The molecule has 550 valence electrons. The van der Waals surface area contributed by atoms with Gasteiger partial charge < -0.3 is 9.80 Å². The third-order valence-corrected chi connectivity index (χ3v) is 24.3. The first-order valence-electron chi connectivity index (χ1n) is 40.4. The van der Waals surface area contributed by atoms with Gasteiger partial charge in [0.15, 0.2) is 0 Å². The van der Waals surface area contributed by atoms with Crippen LogP contribution in [-0.2, 0) is 10.8 Å². The molecule has 18 aromatic rings. The molecule has 0 radical (unpaired) electrons. The Morgan fingerprint density at radius 1 is 0.138 bits per heavy atom. The van der Waals surface area contributed by atoms with Gasteiger partial charge in [-0.05, 0) is 258 Å². The molecular formula is C114H84N2. The van der Waals surface area contributed by atoms with Crippen molar-refractivity contribution in [1.82, 2.24) is 0 Å². The van der Waals surface area contributed by atoms with Gasteiger partial charge in [-0.3, -0.25) is 0 Å². The molecule has 2 aliphatic rings. The smallest absolute Gasteiger partial charge is 0.0468 e. The number of hydrogen-bond donors (Lipinski definition) is 0. The van der Waals surface area contributed by atoms with Crippen molar-refractivity contribution in [3.8, 4) is 145 Å². The fraction of sp³-hybridized carbons (Fsp3) is 0.0526. The Balaban J connectivity index is 0.582. The highest BCUT2D eigenvalue weighted by Crippen LogP contribution is 2.55. The average Bonchev–Trinajstić information content (AvgIpc) is 1.59. The molecule has 0 atom stereocenters. The SMILES string of the molecule is CC1(C)c2ccccc2-c2ccc(-c3cccc(-c4ccc(N(c5ccc(-c6ccccc6)cc5)c5ccc(-c6ccc(-c7cccc8c7C(C)(C)c7cc(-c9ccc(-c%10ccc(N(c%11ccc(-c%12ccccc%12)cc%11)c%11ccc(-c%12ccccc%12)cc%11)cc%10-c%10ccccc%10)cc9)ccc7-8)cc6)cc5)cc4-c4ccccc4)c3)cc21. The van der Waals surface area contributed by atoms with Crippen LogP contribution >= 0.6 is 0 Å². The number of nitrogens with zero attached hydrogens (tertiary/aromatic N) is 2. The van der Waals surface area contributed by atoms with Gasteiger partial charge in [0.1, 0.15) is 0 Å². The predicted octanol–water partition coefficient (Wildman–Crippen LogP) is 31.6. The van der Waals surface area contributed by atoms with E-state index in [-0.39, 0.29) is 10.8 Å². The van der Waals surface area contributed by atoms with Crippen molar-refractivity contribution in [2.45, 2.75) is 38.5 Å². The van der Waals surface area contributed by atoms with Gasteiger partial charge >= 0.3 is 0 Å². The number of hydrogen-bond acceptors (Lipinski definition) is 2. The Morgan fingerprint density at radius 2 is 0.388 bits per heavy atom. The average molecular weight is 1480 g/mol. The molecule has 0 heterocycles. The van der Waals surface area contributed by atoms with Gasteiger partial charge in [0.25, 0.3) is 0 Å². The Kier molecular flexibility index (Phi) is 18.0. The van der Waals surface area contributed by atoms with Crippen LogP contribution in [0, 0.1) is 0 Å². The van der Waals surface area contributed by atoms with E-state index in [0.29, 0.717) is 0 Å². The molecule has 20 rings (SSSR count). The van der Waals surface area contributed by atoms with Crippen LogP contribution in [0.15, 0.2) is 437 Å². The molecule has 2 heteroatoms. The fourth-order valence-corrected chi connectivity index (χ4v) is 18.3. The van der Waals surface area contributed by atoms with Gasteiger partial charge in [0.2, 0.25) is 0 Å². The first kappa shape index (κ1) is 70.7. The highest BCUT2D eigenvalue weighted by molar-refractivity contribution is 5.95. The molecule has 18 aromatic carbocycles. The van der Waals surface area contributed by atoms with Crippen molar-refractivity contribution < 1.29 is 0 Å². The van der Waals surface area contributed by atoms with Crippen molar-refractivity contribution in [3.05, 3.63) is 459 Å². The minimum absolute atomic E-state index is 0.0868. The van der Waals surface area contributed by atoms with E-state index >= 15 is 0 Å². The van der Waals surface area contributed by atoms with Gasteiger partial charge in [0.05, 0.1) is 0 Å². The maximum Gasteiger partial charge on any atom is 0.0468 e. The summed E-state index contributed by atoms with van der Waals surface area (Å²) in [5.74, 6) is 0. The predicted molar refractivity (Wildman–Crippen MR) is 491 cm³/mol. The summed E-state index contributed by atoms with van der Waals surface area (Å²) in [5, 5.41) is 0. The van der Waals surface area contributed by atoms with Gasteiger partial charge in [-0.15, -0.1) is 0 Å². The molecule has 116 heavy (non-hydrogen) atoms. The maximum absolute atomic E-state index is 2.45. The van der Waals surface area contributed by atoms with Crippen LogP contribution in [0.3, 0.4) is 0 Å². The normalized spacial score (nSPS) is 12.6. The van der Waals surface area contributed by atoms with Crippen molar-refractivity contribution in [3.63, 3.8) is 0 Å². The van der Waals surface area contributed by atoms with Crippen molar-refractivity contribution >= 4 is 34.1 Å². The van der Waals surface area contributed by atoms with Crippen LogP contribution in [0.5, 0.6) is 0 Å². The van der Waals surface area contributed by atoms with Crippen LogP contribution in [0.2, 0.25) is 0 Å². The van der Waals surface area contributed by atoms with Crippen LogP contribution in [0.1, 0.15) is 49.9 Å². The van der Waals surface area contributed by atoms with Crippen LogP contribution in [0.25, 0.3) is 145 Å². The molecule has 0 saturated heterocycles. The topological polar surface area (TPSA) is 6.48 Å². The molecule has 0 amide bonds. The molecule has 0 fully saturated rings. The third-order valence-electron chi connectivity index (χ3n) is 24.3. The summed E-state index contributed by atoms with van der Waals surface area (Å²) in [6.07, 6.45) is 0. The van der Waals surface area contributed by atoms with E-state index in [9.17, 15) is 0 Å². The van der Waals surface area contributed by atoms with Gasteiger partial charge in [-0.1, -0.05) is 373 Å². The summed E-state index contributed by atoms with van der Waals surface area (Å²) >= 11 is 0. The van der Waals surface area contributed by atoms with E-state index in [4.69, 9.17) is 0 Å². The number of fused-ring (bicyclic) bond motifs is 6. The van der Waals surface area contributed by atoms with E-state index in [0.717, 1.165) is 56.4 Å². The zero-order valence-electron chi connectivity index (χ0n) is 65.5. The number of benzene rings is 18. The fourth-order valence-electron chi connectivity index (χ4n) is 18.3. The second-order valence-corrected chi connectivity index (χ2v) is 31.9. The highest BCUT2D eigenvalue weighted by atomic mass is 15.1. The molecule has 0 aromatic heterocycles. The Bertz CT molecular complexity index is 6570. The summed E-state index contributed by atoms with van der Waals surface area (Å²) in [4.78, 5) is 4.79. The second-order valence-electron chi connectivity index (χ2n) is 31.9. The summed E-state index contributed by atoms with van der Waals surface area (Å²) in [5.41, 5.74) is 43.0. The summed E-state index contributed by atoms with van der Waals surface area (Å²) in [7, 11) is 0. The van der Waals surface area contributed by atoms with E-state index in [1.807, 2.05) is 0 Å². The van der Waals surface area contributed by atoms with Gasteiger partial charge in [-0.25, -0.2) is 0 Å².